The third-order valence-electron chi connectivity index (χ3n) is 13.6. The molecular formula is C61H41N3. The van der Waals surface area contributed by atoms with E-state index in [2.05, 4.69) is 262 Å². The van der Waals surface area contributed by atoms with Crippen LogP contribution in [0.3, 0.4) is 0 Å². The summed E-state index contributed by atoms with van der Waals surface area (Å²) < 4.78 is 7.28. The first-order valence-electron chi connectivity index (χ1n) is 22.1. The smallest absolute Gasteiger partial charge is 0.0701 e. The van der Waals surface area contributed by atoms with Gasteiger partial charge in [-0.25, -0.2) is 0 Å². The second-order valence-corrected chi connectivity index (χ2v) is 16.9. The molecule has 13 aromatic rings. The topological polar surface area (TPSA) is 14.8 Å². The molecule has 0 fully saturated rings. The molecule has 13 rings (SSSR count). The molecular weight excluding hydrogens is 775 g/mol. The summed E-state index contributed by atoms with van der Waals surface area (Å²) >= 11 is 0. The molecule has 0 bridgehead atoms. The molecule has 0 saturated heterocycles. The van der Waals surface area contributed by atoms with Gasteiger partial charge in [0.1, 0.15) is 0 Å². The second kappa shape index (κ2) is 14.3. The standard InChI is InChI=1S/C61H41N3/c1-4-18-42(19-5-1)61(43-20-6-2-7-21-43,44-22-8-3-9-23-44)45-32-34-46(35-33-45)62-57-30-16-12-26-51(57)53-41-48(36-38-59(53)62)64-58-31-17-13-27-52(58)54-40-47(37-39-60(54)64)63-55-28-14-10-24-49(55)50-25-11-15-29-56(50)63/h1-41H. The van der Waals surface area contributed by atoms with Gasteiger partial charge in [-0.05, 0) is 95.1 Å². The van der Waals surface area contributed by atoms with Gasteiger partial charge >= 0.3 is 0 Å². The first-order valence-corrected chi connectivity index (χ1v) is 22.1. The predicted octanol–water partition coefficient (Wildman–Crippen LogP) is 15.4. The molecule has 3 heterocycles. The Morgan fingerprint density at radius 1 is 0.203 bits per heavy atom. The maximum atomic E-state index is 2.44. The van der Waals surface area contributed by atoms with Crippen molar-refractivity contribution < 1.29 is 0 Å². The number of para-hydroxylation sites is 4. The van der Waals surface area contributed by atoms with E-state index in [0.717, 1.165) is 17.1 Å². The molecule has 0 aliphatic rings. The largest absolute Gasteiger partial charge is 0.309 e. The summed E-state index contributed by atoms with van der Waals surface area (Å²) in [6.07, 6.45) is 0. The van der Waals surface area contributed by atoms with Crippen LogP contribution in [-0.4, -0.2) is 13.7 Å². The molecule has 64 heavy (non-hydrogen) atoms. The van der Waals surface area contributed by atoms with Crippen LogP contribution < -0.4 is 0 Å². The molecule has 3 aromatic heterocycles. The van der Waals surface area contributed by atoms with Crippen molar-refractivity contribution in [2.45, 2.75) is 5.41 Å². The molecule has 0 unspecified atom stereocenters. The fourth-order valence-electron chi connectivity index (χ4n) is 10.9. The first-order chi connectivity index (χ1) is 31.8. The molecule has 0 spiro atoms. The summed E-state index contributed by atoms with van der Waals surface area (Å²) in [5, 5.41) is 7.45. The molecule has 0 N–H and O–H groups in total. The summed E-state index contributed by atoms with van der Waals surface area (Å²) in [6.45, 7) is 0. The van der Waals surface area contributed by atoms with Gasteiger partial charge < -0.3 is 13.7 Å². The van der Waals surface area contributed by atoms with E-state index in [0.29, 0.717) is 0 Å². The van der Waals surface area contributed by atoms with Gasteiger partial charge in [0.25, 0.3) is 0 Å². The molecule has 0 amide bonds. The Labute approximate surface area is 370 Å². The minimum absolute atomic E-state index is 0.509. The summed E-state index contributed by atoms with van der Waals surface area (Å²) in [5.74, 6) is 0. The zero-order valence-corrected chi connectivity index (χ0v) is 35.0. The molecule has 0 aliphatic heterocycles. The van der Waals surface area contributed by atoms with Crippen molar-refractivity contribution in [2.24, 2.45) is 0 Å². The van der Waals surface area contributed by atoms with Gasteiger partial charge in [0.15, 0.2) is 0 Å². The zero-order chi connectivity index (χ0) is 42.2. The Bertz CT molecular complexity index is 3720. The van der Waals surface area contributed by atoms with Crippen molar-refractivity contribution >= 4 is 65.4 Å². The van der Waals surface area contributed by atoms with Crippen molar-refractivity contribution in [1.82, 2.24) is 13.7 Å². The highest BCUT2D eigenvalue weighted by atomic mass is 15.0. The quantitative estimate of drug-likeness (QED) is 0.142. The van der Waals surface area contributed by atoms with Crippen LogP contribution >= 0.6 is 0 Å². The fraction of sp³-hybridized carbons (Fsp3) is 0.0164. The van der Waals surface area contributed by atoms with Crippen molar-refractivity contribution in [3.8, 4) is 17.1 Å². The average molecular weight is 816 g/mol. The predicted molar refractivity (Wildman–Crippen MR) is 268 cm³/mol. The summed E-state index contributed by atoms with van der Waals surface area (Å²) in [5.41, 5.74) is 15.0. The Morgan fingerprint density at radius 3 is 0.844 bits per heavy atom. The summed E-state index contributed by atoms with van der Waals surface area (Å²) in [7, 11) is 0. The highest BCUT2D eigenvalue weighted by Gasteiger charge is 2.38. The van der Waals surface area contributed by atoms with Gasteiger partial charge in [-0.3, -0.25) is 0 Å². The number of rotatable bonds is 7. The monoisotopic (exact) mass is 815 g/mol. The second-order valence-electron chi connectivity index (χ2n) is 16.9. The summed E-state index contributed by atoms with van der Waals surface area (Å²) in [6, 6.07) is 91.2. The van der Waals surface area contributed by atoms with Gasteiger partial charge in [-0.1, -0.05) is 176 Å². The van der Waals surface area contributed by atoms with Crippen LogP contribution in [0.25, 0.3) is 82.5 Å². The van der Waals surface area contributed by atoms with Crippen LogP contribution in [0.2, 0.25) is 0 Å². The molecule has 3 nitrogen and oxygen atoms in total. The van der Waals surface area contributed by atoms with E-state index >= 15 is 0 Å². The molecule has 10 aromatic carbocycles. The van der Waals surface area contributed by atoms with Gasteiger partial charge in [-0.15, -0.1) is 0 Å². The SMILES string of the molecule is c1ccc(C(c2ccccc2)(c2ccccc2)c2ccc(-n3c4ccccc4c4cc(-n5c6ccccc6c6cc(-n7c8ccccc8c8ccccc87)ccc65)ccc43)cc2)cc1. The van der Waals surface area contributed by atoms with Crippen LogP contribution in [0.15, 0.2) is 249 Å². The Hall–Kier alpha value is -8.40. The lowest BCUT2D eigenvalue weighted by Crippen LogP contribution is -2.30. The highest BCUT2D eigenvalue weighted by molar-refractivity contribution is 6.14. The van der Waals surface area contributed by atoms with E-state index < -0.39 is 5.41 Å². The molecule has 0 saturated carbocycles. The minimum atomic E-state index is -0.509. The average Bonchev–Trinajstić information content (AvgIpc) is 4.01. The maximum Gasteiger partial charge on any atom is 0.0701 e. The van der Waals surface area contributed by atoms with Crippen LogP contribution in [-0.2, 0) is 5.41 Å². The Balaban J connectivity index is 0.974. The van der Waals surface area contributed by atoms with Crippen molar-refractivity contribution in [3.05, 3.63) is 271 Å². The third-order valence-corrected chi connectivity index (χ3v) is 13.6. The minimum Gasteiger partial charge on any atom is -0.309 e. The molecule has 3 heteroatoms. The zero-order valence-electron chi connectivity index (χ0n) is 35.0. The first kappa shape index (κ1) is 36.3. The summed E-state index contributed by atoms with van der Waals surface area (Å²) in [4.78, 5) is 0. The van der Waals surface area contributed by atoms with E-state index in [1.807, 2.05) is 0 Å². The number of benzene rings is 10. The van der Waals surface area contributed by atoms with Crippen LogP contribution in [0.4, 0.5) is 0 Å². The van der Waals surface area contributed by atoms with Gasteiger partial charge in [0.2, 0.25) is 0 Å². The van der Waals surface area contributed by atoms with E-state index in [4.69, 9.17) is 0 Å². The van der Waals surface area contributed by atoms with Gasteiger partial charge in [0, 0.05) is 49.4 Å². The lowest BCUT2D eigenvalue weighted by atomic mass is 9.65. The van der Waals surface area contributed by atoms with Crippen LogP contribution in [0, 0.1) is 0 Å². The lowest BCUT2D eigenvalue weighted by Gasteiger charge is -2.37. The van der Waals surface area contributed by atoms with Crippen molar-refractivity contribution in [2.75, 3.05) is 0 Å². The number of nitrogens with zero attached hydrogens (tertiary/aromatic N) is 3. The molecule has 0 radical (unpaired) electrons. The number of hydrogen-bond acceptors (Lipinski definition) is 0. The Morgan fingerprint density at radius 2 is 0.469 bits per heavy atom. The van der Waals surface area contributed by atoms with Crippen LogP contribution in [0.1, 0.15) is 22.3 Å². The number of hydrogen-bond donors (Lipinski definition) is 0. The van der Waals surface area contributed by atoms with Crippen LogP contribution in [0.5, 0.6) is 0 Å². The Kier molecular flexibility index (Phi) is 8.13. The number of aromatic nitrogens is 3. The highest BCUT2D eigenvalue weighted by Crippen LogP contribution is 2.46. The van der Waals surface area contributed by atoms with E-state index in [9.17, 15) is 0 Å². The van der Waals surface area contributed by atoms with Gasteiger partial charge in [0.05, 0.1) is 38.5 Å². The molecule has 300 valence electrons. The third kappa shape index (κ3) is 5.28. The van der Waals surface area contributed by atoms with E-state index in [1.165, 1.54) is 87.7 Å². The number of fused-ring (bicyclic) bond motifs is 9. The molecule has 0 atom stereocenters. The normalized spacial score (nSPS) is 12.1. The maximum absolute atomic E-state index is 2.44. The van der Waals surface area contributed by atoms with E-state index in [1.54, 1.807) is 0 Å². The lowest BCUT2D eigenvalue weighted by molar-refractivity contribution is 0.745. The van der Waals surface area contributed by atoms with E-state index in [-0.39, 0.29) is 0 Å². The van der Waals surface area contributed by atoms with Gasteiger partial charge in [-0.2, -0.15) is 0 Å². The van der Waals surface area contributed by atoms with Crippen molar-refractivity contribution in [1.29, 1.82) is 0 Å². The molecule has 0 aliphatic carbocycles. The fourth-order valence-corrected chi connectivity index (χ4v) is 10.9. The van der Waals surface area contributed by atoms with Crippen molar-refractivity contribution in [3.63, 3.8) is 0 Å².